The van der Waals surface area contributed by atoms with Crippen molar-refractivity contribution in [3.63, 3.8) is 0 Å². The second-order valence-electron chi connectivity index (χ2n) is 7.29. The Morgan fingerprint density at radius 1 is 1.21 bits per heavy atom. The van der Waals surface area contributed by atoms with Crippen LogP contribution in [0.3, 0.4) is 0 Å². The van der Waals surface area contributed by atoms with E-state index in [4.69, 9.17) is 15.9 Å². The SMILES string of the molecule is COc1ccc(NC(=N)/N=C(/N)Nc2nccc(N[C@@H](C(=O)NCC(F)(F)F)C(C)C)n2)cc1. The number of aromatic nitrogens is 2. The molecule has 2 rings (SSSR count). The number of rotatable bonds is 8. The molecule has 0 saturated carbocycles. The lowest BCUT2D eigenvalue weighted by Crippen LogP contribution is -2.46. The first kappa shape index (κ1) is 26.2. The molecular formula is C20H26F3N9O2. The van der Waals surface area contributed by atoms with Crippen LogP contribution >= 0.6 is 0 Å². The summed E-state index contributed by atoms with van der Waals surface area (Å²) in [4.78, 5) is 24.2. The predicted molar refractivity (Wildman–Crippen MR) is 123 cm³/mol. The number of carbonyl (C=O) groups excluding carboxylic acids is 1. The normalized spacial score (nSPS) is 12.6. The van der Waals surface area contributed by atoms with E-state index in [1.165, 1.54) is 12.3 Å². The number of guanidine groups is 2. The molecule has 0 aliphatic carbocycles. The Morgan fingerprint density at radius 2 is 1.88 bits per heavy atom. The number of alkyl halides is 3. The molecule has 0 unspecified atom stereocenters. The number of carbonyl (C=O) groups is 1. The highest BCUT2D eigenvalue weighted by molar-refractivity contribution is 6.03. The summed E-state index contributed by atoms with van der Waals surface area (Å²) in [6, 6.07) is 7.28. The van der Waals surface area contributed by atoms with Crippen LogP contribution in [0.4, 0.5) is 30.6 Å². The lowest BCUT2D eigenvalue weighted by Gasteiger charge is -2.22. The first-order valence-electron chi connectivity index (χ1n) is 10.0. The number of nitrogens with one attached hydrogen (secondary N) is 5. The van der Waals surface area contributed by atoms with Gasteiger partial charge in [-0.1, -0.05) is 13.8 Å². The van der Waals surface area contributed by atoms with Gasteiger partial charge in [0.1, 0.15) is 24.2 Å². The summed E-state index contributed by atoms with van der Waals surface area (Å²) in [5, 5.41) is 17.9. The number of halogens is 3. The van der Waals surface area contributed by atoms with Gasteiger partial charge in [0, 0.05) is 11.9 Å². The Labute approximate surface area is 193 Å². The van der Waals surface area contributed by atoms with Crippen molar-refractivity contribution in [1.29, 1.82) is 5.41 Å². The maximum Gasteiger partial charge on any atom is 0.405 e. The van der Waals surface area contributed by atoms with Gasteiger partial charge in [0.15, 0.2) is 0 Å². The molecule has 184 valence electrons. The van der Waals surface area contributed by atoms with Crippen LogP contribution in [0.5, 0.6) is 5.75 Å². The number of nitrogens with zero attached hydrogens (tertiary/aromatic N) is 3. The van der Waals surface area contributed by atoms with Crippen molar-refractivity contribution in [1.82, 2.24) is 15.3 Å². The van der Waals surface area contributed by atoms with E-state index in [2.05, 4.69) is 30.9 Å². The maximum absolute atomic E-state index is 12.4. The summed E-state index contributed by atoms with van der Waals surface area (Å²) >= 11 is 0. The smallest absolute Gasteiger partial charge is 0.405 e. The average Bonchev–Trinajstić information content (AvgIpc) is 2.75. The van der Waals surface area contributed by atoms with E-state index >= 15 is 0 Å². The summed E-state index contributed by atoms with van der Waals surface area (Å²) < 4.78 is 42.3. The number of hydrogen-bond acceptors (Lipinski definition) is 6. The third-order valence-electron chi connectivity index (χ3n) is 4.20. The Kier molecular flexibility index (Phi) is 8.98. The lowest BCUT2D eigenvalue weighted by atomic mass is 10.0. The van der Waals surface area contributed by atoms with Crippen molar-refractivity contribution < 1.29 is 22.7 Å². The number of nitrogens with two attached hydrogens (primary N) is 1. The van der Waals surface area contributed by atoms with Crippen LogP contribution in [0.2, 0.25) is 0 Å². The minimum absolute atomic E-state index is 0.00158. The summed E-state index contributed by atoms with van der Waals surface area (Å²) in [7, 11) is 1.54. The summed E-state index contributed by atoms with van der Waals surface area (Å²) in [6.07, 6.45) is -3.16. The third-order valence-corrected chi connectivity index (χ3v) is 4.20. The van der Waals surface area contributed by atoms with Gasteiger partial charge >= 0.3 is 6.18 Å². The predicted octanol–water partition coefficient (Wildman–Crippen LogP) is 2.37. The lowest BCUT2D eigenvalue weighted by molar-refractivity contribution is -0.139. The Bertz CT molecular complexity index is 1010. The van der Waals surface area contributed by atoms with Crippen molar-refractivity contribution in [3.8, 4) is 5.75 Å². The molecule has 11 nitrogen and oxygen atoms in total. The van der Waals surface area contributed by atoms with Gasteiger partial charge in [-0.05, 0) is 36.2 Å². The zero-order chi connectivity index (χ0) is 25.3. The van der Waals surface area contributed by atoms with Gasteiger partial charge in [0.2, 0.25) is 23.8 Å². The van der Waals surface area contributed by atoms with Crippen LogP contribution in [0.15, 0.2) is 41.5 Å². The van der Waals surface area contributed by atoms with E-state index in [1.54, 1.807) is 45.2 Å². The van der Waals surface area contributed by atoms with Crippen LogP contribution in [-0.2, 0) is 4.79 Å². The molecule has 0 aliphatic heterocycles. The van der Waals surface area contributed by atoms with Crippen molar-refractivity contribution in [2.24, 2.45) is 16.6 Å². The molecule has 14 heteroatoms. The molecule has 0 aliphatic rings. The molecule has 2 aromatic rings. The van der Waals surface area contributed by atoms with E-state index in [-0.39, 0.29) is 29.6 Å². The van der Waals surface area contributed by atoms with E-state index in [1.807, 2.05) is 5.32 Å². The molecule has 7 N–H and O–H groups in total. The number of methoxy groups -OCH3 is 1. The Hall–Kier alpha value is -4.10. The monoisotopic (exact) mass is 481 g/mol. The number of amides is 1. The van der Waals surface area contributed by atoms with Gasteiger partial charge < -0.3 is 26.4 Å². The Balaban J connectivity index is 2.01. The van der Waals surface area contributed by atoms with E-state index in [9.17, 15) is 18.0 Å². The largest absolute Gasteiger partial charge is 0.497 e. The first-order chi connectivity index (χ1) is 16.0. The maximum atomic E-state index is 12.4. The molecule has 0 spiro atoms. The summed E-state index contributed by atoms with van der Waals surface area (Å²) in [5.74, 6) is -0.767. The second-order valence-corrected chi connectivity index (χ2v) is 7.29. The van der Waals surface area contributed by atoms with Crippen LogP contribution in [0.25, 0.3) is 0 Å². The zero-order valence-corrected chi connectivity index (χ0v) is 18.7. The van der Waals surface area contributed by atoms with Crippen LogP contribution in [0.1, 0.15) is 13.8 Å². The fourth-order valence-corrected chi connectivity index (χ4v) is 2.59. The Morgan fingerprint density at radius 3 is 2.47 bits per heavy atom. The number of ether oxygens (including phenoxy) is 1. The second kappa shape index (κ2) is 11.7. The topological polar surface area (TPSA) is 162 Å². The third kappa shape index (κ3) is 8.80. The van der Waals surface area contributed by atoms with Gasteiger partial charge in [-0.15, -0.1) is 0 Å². The van der Waals surface area contributed by atoms with Crippen LogP contribution in [0, 0.1) is 11.3 Å². The van der Waals surface area contributed by atoms with Crippen LogP contribution < -0.4 is 31.7 Å². The van der Waals surface area contributed by atoms with E-state index in [0.717, 1.165) is 0 Å². The highest BCUT2D eigenvalue weighted by Crippen LogP contribution is 2.16. The minimum Gasteiger partial charge on any atom is -0.497 e. The van der Waals surface area contributed by atoms with Gasteiger partial charge in [-0.2, -0.15) is 23.1 Å². The molecule has 0 radical (unpaired) electrons. The van der Waals surface area contributed by atoms with Gasteiger partial charge in [0.05, 0.1) is 7.11 Å². The summed E-state index contributed by atoms with van der Waals surface area (Å²) in [5.41, 5.74) is 6.39. The molecule has 0 fully saturated rings. The molecule has 0 saturated heterocycles. The molecule has 1 amide bonds. The van der Waals surface area contributed by atoms with Crippen molar-refractivity contribution in [2.75, 3.05) is 29.6 Å². The number of anilines is 3. The van der Waals surface area contributed by atoms with Crippen molar-refractivity contribution >= 4 is 35.3 Å². The summed E-state index contributed by atoms with van der Waals surface area (Å²) in [6.45, 7) is 1.92. The zero-order valence-electron chi connectivity index (χ0n) is 18.7. The molecule has 0 bridgehead atoms. The van der Waals surface area contributed by atoms with E-state index in [0.29, 0.717) is 11.4 Å². The quantitative estimate of drug-likeness (QED) is 0.247. The number of aliphatic imine (C=N–C) groups is 1. The van der Waals surface area contributed by atoms with Gasteiger partial charge in [0.25, 0.3) is 0 Å². The van der Waals surface area contributed by atoms with Crippen LogP contribution in [-0.4, -0.2) is 53.7 Å². The molecule has 34 heavy (non-hydrogen) atoms. The molecule has 1 aromatic carbocycles. The standard InChI is InChI=1S/C20H26F3N9O2/c1-11(2)15(16(33)27-10-20(21,22)23)29-14-8-9-26-19(30-14)32-18(25)31-17(24)28-12-4-6-13(34-3)7-5-12/h4-9,11,15H,10H2,1-3H3,(H,27,33)(H6,24,25,26,28,29,30,31,32)/t15-/m1/s1. The van der Waals surface area contributed by atoms with Crippen molar-refractivity contribution in [2.45, 2.75) is 26.1 Å². The fourth-order valence-electron chi connectivity index (χ4n) is 2.59. The highest BCUT2D eigenvalue weighted by atomic mass is 19.4. The van der Waals surface area contributed by atoms with Gasteiger partial charge in [-0.3, -0.25) is 15.5 Å². The molecule has 1 atom stereocenters. The average molecular weight is 481 g/mol. The first-order valence-corrected chi connectivity index (χ1v) is 10.0. The number of benzene rings is 1. The minimum atomic E-state index is -4.52. The van der Waals surface area contributed by atoms with Crippen molar-refractivity contribution in [3.05, 3.63) is 36.5 Å². The molecule has 1 aromatic heterocycles. The number of hydrogen-bond donors (Lipinski definition) is 6. The fraction of sp³-hybridized carbons (Fsp3) is 0.350. The molecular weight excluding hydrogens is 455 g/mol. The highest BCUT2D eigenvalue weighted by Gasteiger charge is 2.30. The van der Waals surface area contributed by atoms with Gasteiger partial charge in [-0.25, -0.2) is 4.98 Å². The molecule has 1 heterocycles. The van der Waals surface area contributed by atoms with E-state index < -0.39 is 24.7 Å².